The van der Waals surface area contributed by atoms with Crippen LogP contribution in [-0.2, 0) is 6.42 Å². The van der Waals surface area contributed by atoms with Gasteiger partial charge in [-0.25, -0.2) is 0 Å². The Hall–Kier alpha value is -2.48. The van der Waals surface area contributed by atoms with Gasteiger partial charge in [-0.2, -0.15) is 0 Å². The highest BCUT2D eigenvalue weighted by molar-refractivity contribution is 5.93. The predicted molar refractivity (Wildman–Crippen MR) is 97.7 cm³/mol. The van der Waals surface area contributed by atoms with Crippen LogP contribution in [0.5, 0.6) is 11.5 Å². The maximum atomic E-state index is 10.8. The summed E-state index contributed by atoms with van der Waals surface area (Å²) in [4.78, 5) is 0. The SMILES string of the molecule is Oc1c(OC2CCCC2)ccc2cccc(Cc3ccccc3)c12. The zero-order chi connectivity index (χ0) is 16.4. The highest BCUT2D eigenvalue weighted by Crippen LogP contribution is 2.39. The van der Waals surface area contributed by atoms with E-state index in [0.29, 0.717) is 5.75 Å². The summed E-state index contributed by atoms with van der Waals surface area (Å²) in [5.41, 5.74) is 2.37. The van der Waals surface area contributed by atoms with Crippen molar-refractivity contribution in [2.75, 3.05) is 0 Å². The summed E-state index contributed by atoms with van der Waals surface area (Å²) in [5, 5.41) is 12.8. The van der Waals surface area contributed by atoms with Crippen LogP contribution in [0, 0.1) is 0 Å². The number of fused-ring (bicyclic) bond motifs is 1. The molecule has 1 aliphatic carbocycles. The third kappa shape index (κ3) is 2.96. The molecule has 0 amide bonds. The van der Waals surface area contributed by atoms with E-state index in [9.17, 15) is 5.11 Å². The fraction of sp³-hybridized carbons (Fsp3) is 0.273. The average Bonchev–Trinajstić information content (AvgIpc) is 3.12. The molecule has 1 aliphatic rings. The first kappa shape index (κ1) is 15.1. The van der Waals surface area contributed by atoms with E-state index in [1.165, 1.54) is 18.4 Å². The van der Waals surface area contributed by atoms with Crippen molar-refractivity contribution in [1.82, 2.24) is 0 Å². The lowest BCUT2D eigenvalue weighted by Gasteiger charge is -2.17. The van der Waals surface area contributed by atoms with Crippen molar-refractivity contribution in [3.8, 4) is 11.5 Å². The molecule has 0 aliphatic heterocycles. The van der Waals surface area contributed by atoms with E-state index in [1.807, 2.05) is 24.3 Å². The average molecular weight is 318 g/mol. The number of rotatable bonds is 4. The van der Waals surface area contributed by atoms with Crippen LogP contribution < -0.4 is 4.74 Å². The molecule has 0 bridgehead atoms. The van der Waals surface area contributed by atoms with E-state index in [0.717, 1.165) is 35.6 Å². The van der Waals surface area contributed by atoms with Crippen molar-refractivity contribution in [2.24, 2.45) is 0 Å². The molecule has 2 nitrogen and oxygen atoms in total. The molecule has 3 aromatic carbocycles. The molecule has 4 rings (SSSR count). The Kier molecular flexibility index (Phi) is 4.12. The number of phenols is 1. The Balaban J connectivity index is 1.73. The van der Waals surface area contributed by atoms with Gasteiger partial charge in [-0.15, -0.1) is 0 Å². The minimum Gasteiger partial charge on any atom is -0.504 e. The smallest absolute Gasteiger partial charge is 0.165 e. The van der Waals surface area contributed by atoms with Gasteiger partial charge in [-0.05, 0) is 54.7 Å². The van der Waals surface area contributed by atoms with Gasteiger partial charge in [0.05, 0.1) is 6.10 Å². The molecule has 1 N–H and O–H groups in total. The van der Waals surface area contributed by atoms with Crippen LogP contribution in [-0.4, -0.2) is 11.2 Å². The molecule has 122 valence electrons. The zero-order valence-electron chi connectivity index (χ0n) is 13.7. The second-order valence-electron chi connectivity index (χ2n) is 6.61. The van der Waals surface area contributed by atoms with Crippen molar-refractivity contribution < 1.29 is 9.84 Å². The number of benzene rings is 3. The Morgan fingerprint density at radius 1 is 0.875 bits per heavy atom. The first-order valence-electron chi connectivity index (χ1n) is 8.75. The summed E-state index contributed by atoms with van der Waals surface area (Å²) in [6.45, 7) is 0. The van der Waals surface area contributed by atoms with Crippen molar-refractivity contribution in [2.45, 2.75) is 38.2 Å². The topological polar surface area (TPSA) is 29.5 Å². The van der Waals surface area contributed by atoms with Crippen molar-refractivity contribution in [3.63, 3.8) is 0 Å². The Morgan fingerprint density at radius 3 is 2.46 bits per heavy atom. The molecular formula is C22H22O2. The third-order valence-corrected chi connectivity index (χ3v) is 4.90. The number of hydrogen-bond acceptors (Lipinski definition) is 2. The Morgan fingerprint density at radius 2 is 1.67 bits per heavy atom. The molecule has 1 fully saturated rings. The minimum absolute atomic E-state index is 0.245. The second-order valence-corrected chi connectivity index (χ2v) is 6.61. The van der Waals surface area contributed by atoms with Crippen LogP contribution >= 0.6 is 0 Å². The van der Waals surface area contributed by atoms with Gasteiger partial charge in [0, 0.05) is 5.39 Å². The van der Waals surface area contributed by atoms with Gasteiger partial charge in [-0.3, -0.25) is 0 Å². The van der Waals surface area contributed by atoms with E-state index in [4.69, 9.17) is 4.74 Å². The van der Waals surface area contributed by atoms with Gasteiger partial charge in [0.2, 0.25) is 0 Å². The molecule has 24 heavy (non-hydrogen) atoms. The maximum Gasteiger partial charge on any atom is 0.165 e. The fourth-order valence-electron chi connectivity index (χ4n) is 3.66. The van der Waals surface area contributed by atoms with Gasteiger partial charge >= 0.3 is 0 Å². The molecule has 0 aromatic heterocycles. The lowest BCUT2D eigenvalue weighted by atomic mass is 9.97. The summed E-state index contributed by atoms with van der Waals surface area (Å²) >= 11 is 0. The first-order valence-corrected chi connectivity index (χ1v) is 8.75. The van der Waals surface area contributed by atoms with Crippen molar-refractivity contribution in [3.05, 3.63) is 71.8 Å². The van der Waals surface area contributed by atoms with Crippen molar-refractivity contribution >= 4 is 10.8 Å². The fourth-order valence-corrected chi connectivity index (χ4v) is 3.66. The monoisotopic (exact) mass is 318 g/mol. The van der Waals surface area contributed by atoms with Gasteiger partial charge in [-0.1, -0.05) is 54.6 Å². The molecule has 0 spiro atoms. The molecule has 0 unspecified atom stereocenters. The van der Waals surface area contributed by atoms with E-state index in [2.05, 4.69) is 36.4 Å². The second kappa shape index (κ2) is 6.56. The van der Waals surface area contributed by atoms with E-state index in [1.54, 1.807) is 0 Å². The van der Waals surface area contributed by atoms with Crippen LogP contribution in [0.25, 0.3) is 10.8 Å². The Labute approximate surface area is 142 Å². The van der Waals surface area contributed by atoms with E-state index >= 15 is 0 Å². The largest absolute Gasteiger partial charge is 0.504 e. The maximum absolute atomic E-state index is 10.8. The first-order chi connectivity index (χ1) is 11.8. The summed E-state index contributed by atoms with van der Waals surface area (Å²) in [5.74, 6) is 0.904. The van der Waals surface area contributed by atoms with Crippen molar-refractivity contribution in [1.29, 1.82) is 0 Å². The van der Waals surface area contributed by atoms with Crippen LogP contribution in [0.4, 0.5) is 0 Å². The molecular weight excluding hydrogens is 296 g/mol. The molecule has 0 heterocycles. The van der Waals surface area contributed by atoms with Crippen LogP contribution in [0.2, 0.25) is 0 Å². The third-order valence-electron chi connectivity index (χ3n) is 4.90. The van der Waals surface area contributed by atoms with Gasteiger partial charge in [0.15, 0.2) is 11.5 Å². The molecule has 1 saturated carbocycles. The molecule has 0 saturated heterocycles. The van der Waals surface area contributed by atoms with E-state index < -0.39 is 0 Å². The molecule has 0 radical (unpaired) electrons. The highest BCUT2D eigenvalue weighted by Gasteiger charge is 2.19. The summed E-state index contributed by atoms with van der Waals surface area (Å²) in [7, 11) is 0. The van der Waals surface area contributed by atoms with Gasteiger partial charge in [0.1, 0.15) is 0 Å². The standard InChI is InChI=1S/C22H22O2/c23-22-20(24-19-11-4-5-12-19)14-13-17-9-6-10-18(21(17)22)15-16-7-2-1-3-8-16/h1-3,6-10,13-14,19,23H,4-5,11-12,15H2. The normalized spacial score (nSPS) is 15.0. The number of ether oxygens (including phenoxy) is 1. The number of hydrogen-bond donors (Lipinski definition) is 1. The lowest BCUT2D eigenvalue weighted by molar-refractivity contribution is 0.202. The summed E-state index contributed by atoms with van der Waals surface area (Å²) < 4.78 is 6.07. The zero-order valence-corrected chi connectivity index (χ0v) is 13.7. The predicted octanol–water partition coefficient (Wildman–Crippen LogP) is 5.46. The molecule has 2 heteroatoms. The lowest BCUT2D eigenvalue weighted by Crippen LogP contribution is -2.11. The quantitative estimate of drug-likeness (QED) is 0.692. The van der Waals surface area contributed by atoms with Gasteiger partial charge in [0.25, 0.3) is 0 Å². The van der Waals surface area contributed by atoms with Crippen LogP contribution in [0.3, 0.4) is 0 Å². The minimum atomic E-state index is 0.245. The summed E-state index contributed by atoms with van der Waals surface area (Å²) in [6, 6.07) is 20.5. The van der Waals surface area contributed by atoms with Crippen LogP contribution in [0.1, 0.15) is 36.8 Å². The number of aromatic hydroxyl groups is 1. The van der Waals surface area contributed by atoms with E-state index in [-0.39, 0.29) is 11.9 Å². The molecule has 3 aromatic rings. The highest BCUT2D eigenvalue weighted by atomic mass is 16.5. The Bertz CT molecular complexity index is 833. The van der Waals surface area contributed by atoms with Gasteiger partial charge < -0.3 is 9.84 Å². The summed E-state index contributed by atoms with van der Waals surface area (Å²) in [6.07, 6.45) is 5.66. The van der Waals surface area contributed by atoms with Crippen LogP contribution in [0.15, 0.2) is 60.7 Å². The molecule has 0 atom stereocenters. The number of phenolic OH excluding ortho intramolecular Hbond substituents is 1.